The molecule has 27 heavy (non-hydrogen) atoms. The number of nitrogens with zero attached hydrogens (tertiary/aromatic N) is 3. The van der Waals surface area contributed by atoms with Gasteiger partial charge >= 0.3 is 0 Å². The summed E-state index contributed by atoms with van der Waals surface area (Å²) in [5.41, 5.74) is 0.661. The standard InChI is InChI=1S/C18H20FN3O3S2/c1-11(27(23,24)13-7-5-12(19)6-8-13)9-16-20-21-17(26-16)14-10-15(22-25-14)18(2,3)4/h5-8,10-11H,9H2,1-4H3. The summed E-state index contributed by atoms with van der Waals surface area (Å²) in [5, 5.41) is 12.6. The van der Waals surface area contributed by atoms with Crippen LogP contribution in [0.5, 0.6) is 0 Å². The second-order valence-corrected chi connectivity index (χ2v) is 10.8. The number of rotatable bonds is 5. The minimum absolute atomic E-state index is 0.0891. The van der Waals surface area contributed by atoms with Crippen molar-refractivity contribution < 1.29 is 17.3 Å². The first-order valence-corrected chi connectivity index (χ1v) is 10.7. The lowest BCUT2D eigenvalue weighted by molar-refractivity contribution is 0.402. The summed E-state index contributed by atoms with van der Waals surface area (Å²) in [6.07, 6.45) is 0.206. The van der Waals surface area contributed by atoms with Crippen LogP contribution in [0.2, 0.25) is 0 Å². The molecule has 2 heterocycles. The Bertz CT molecular complexity index is 1030. The third-order valence-electron chi connectivity index (χ3n) is 4.09. The topological polar surface area (TPSA) is 85.9 Å². The molecule has 0 saturated carbocycles. The first-order valence-electron chi connectivity index (χ1n) is 8.37. The summed E-state index contributed by atoms with van der Waals surface area (Å²) in [5.74, 6) is 0.0368. The van der Waals surface area contributed by atoms with E-state index >= 15 is 0 Å². The van der Waals surface area contributed by atoms with Gasteiger partial charge < -0.3 is 4.52 Å². The highest BCUT2D eigenvalue weighted by atomic mass is 32.2. The number of halogens is 1. The van der Waals surface area contributed by atoms with Gasteiger partial charge in [0.15, 0.2) is 20.6 Å². The fourth-order valence-electron chi connectivity index (χ4n) is 2.38. The zero-order chi connectivity index (χ0) is 19.8. The van der Waals surface area contributed by atoms with Crippen molar-refractivity contribution in [2.45, 2.75) is 49.7 Å². The maximum absolute atomic E-state index is 13.0. The van der Waals surface area contributed by atoms with Crippen molar-refractivity contribution in [2.24, 2.45) is 0 Å². The molecule has 1 aromatic carbocycles. The summed E-state index contributed by atoms with van der Waals surface area (Å²) < 4.78 is 43.7. The maximum atomic E-state index is 13.0. The summed E-state index contributed by atoms with van der Waals surface area (Å²) in [4.78, 5) is 0.0891. The smallest absolute Gasteiger partial charge is 0.197 e. The second-order valence-electron chi connectivity index (χ2n) is 7.34. The van der Waals surface area contributed by atoms with E-state index in [4.69, 9.17) is 4.52 Å². The summed E-state index contributed by atoms with van der Waals surface area (Å²) in [7, 11) is -3.59. The average molecular weight is 410 g/mol. The predicted molar refractivity (Wildman–Crippen MR) is 101 cm³/mol. The fourth-order valence-corrected chi connectivity index (χ4v) is 4.76. The number of aromatic nitrogens is 3. The van der Waals surface area contributed by atoms with Crippen molar-refractivity contribution in [1.82, 2.24) is 15.4 Å². The van der Waals surface area contributed by atoms with Crippen LogP contribution < -0.4 is 0 Å². The Kier molecular flexibility index (Phi) is 5.18. The van der Waals surface area contributed by atoms with E-state index in [9.17, 15) is 12.8 Å². The molecule has 0 fully saturated rings. The summed E-state index contributed by atoms with van der Waals surface area (Å²) >= 11 is 1.27. The minimum atomic E-state index is -3.59. The molecule has 0 aliphatic rings. The average Bonchev–Trinajstić information content (AvgIpc) is 3.23. The normalized spacial score (nSPS) is 13.7. The van der Waals surface area contributed by atoms with E-state index in [1.807, 2.05) is 26.8 Å². The van der Waals surface area contributed by atoms with Crippen molar-refractivity contribution in [3.63, 3.8) is 0 Å². The molecule has 2 aromatic heterocycles. The maximum Gasteiger partial charge on any atom is 0.197 e. The van der Waals surface area contributed by atoms with Gasteiger partial charge in [-0.1, -0.05) is 37.3 Å². The van der Waals surface area contributed by atoms with E-state index in [2.05, 4.69) is 15.4 Å². The number of benzene rings is 1. The van der Waals surface area contributed by atoms with E-state index in [1.165, 1.54) is 23.5 Å². The van der Waals surface area contributed by atoms with Gasteiger partial charge in [0, 0.05) is 17.9 Å². The zero-order valence-electron chi connectivity index (χ0n) is 15.4. The van der Waals surface area contributed by atoms with E-state index in [0.717, 1.165) is 17.8 Å². The molecule has 0 N–H and O–H groups in total. The largest absolute Gasteiger partial charge is 0.353 e. The Morgan fingerprint density at radius 3 is 2.44 bits per heavy atom. The third-order valence-corrected chi connectivity index (χ3v) is 7.21. The number of hydrogen-bond donors (Lipinski definition) is 0. The molecule has 6 nitrogen and oxygen atoms in total. The highest BCUT2D eigenvalue weighted by Crippen LogP contribution is 2.30. The van der Waals surface area contributed by atoms with Gasteiger partial charge in [0.2, 0.25) is 0 Å². The lowest BCUT2D eigenvalue weighted by atomic mass is 9.92. The van der Waals surface area contributed by atoms with E-state index in [-0.39, 0.29) is 16.7 Å². The van der Waals surface area contributed by atoms with Crippen molar-refractivity contribution in [1.29, 1.82) is 0 Å². The van der Waals surface area contributed by atoms with Gasteiger partial charge in [0.05, 0.1) is 15.8 Å². The van der Waals surface area contributed by atoms with Crippen LogP contribution in [-0.2, 0) is 21.7 Å². The van der Waals surface area contributed by atoms with Crippen molar-refractivity contribution in [3.8, 4) is 10.8 Å². The van der Waals surface area contributed by atoms with Gasteiger partial charge in [-0.15, -0.1) is 10.2 Å². The molecular formula is C18H20FN3O3S2. The molecule has 0 spiro atoms. The highest BCUT2D eigenvalue weighted by Gasteiger charge is 2.26. The van der Waals surface area contributed by atoms with Gasteiger partial charge in [0.25, 0.3) is 0 Å². The predicted octanol–water partition coefficient (Wildman–Crippen LogP) is 4.03. The van der Waals surface area contributed by atoms with Crippen LogP contribution in [0.25, 0.3) is 10.8 Å². The number of hydrogen-bond acceptors (Lipinski definition) is 7. The SMILES string of the molecule is CC(Cc1nnc(-c2cc(C(C)(C)C)no2)s1)S(=O)(=O)c1ccc(F)cc1. The van der Waals surface area contributed by atoms with Gasteiger partial charge in [-0.25, -0.2) is 12.8 Å². The molecule has 0 aliphatic carbocycles. The van der Waals surface area contributed by atoms with Crippen molar-refractivity contribution in [3.05, 3.63) is 46.9 Å². The highest BCUT2D eigenvalue weighted by molar-refractivity contribution is 7.92. The Balaban J connectivity index is 1.77. The molecular weight excluding hydrogens is 389 g/mol. The Morgan fingerprint density at radius 1 is 1.19 bits per heavy atom. The number of sulfone groups is 1. The Hall–Kier alpha value is -2.13. The molecule has 0 bridgehead atoms. The lowest BCUT2D eigenvalue weighted by Crippen LogP contribution is -2.20. The fraction of sp³-hybridized carbons (Fsp3) is 0.389. The molecule has 1 unspecified atom stereocenters. The Morgan fingerprint density at radius 2 is 1.85 bits per heavy atom. The van der Waals surface area contributed by atoms with Crippen LogP contribution in [0, 0.1) is 5.82 Å². The minimum Gasteiger partial charge on any atom is -0.353 e. The van der Waals surface area contributed by atoms with Crippen LogP contribution in [0.1, 0.15) is 38.4 Å². The molecule has 144 valence electrons. The molecule has 0 radical (unpaired) electrons. The van der Waals surface area contributed by atoms with E-state index in [0.29, 0.717) is 15.8 Å². The first kappa shape index (κ1) is 19.6. The van der Waals surface area contributed by atoms with Crippen molar-refractivity contribution in [2.75, 3.05) is 0 Å². The van der Waals surface area contributed by atoms with Crippen LogP contribution in [0.15, 0.2) is 39.8 Å². The molecule has 0 amide bonds. The monoisotopic (exact) mass is 409 g/mol. The first-order chi connectivity index (χ1) is 12.6. The van der Waals surface area contributed by atoms with Gasteiger partial charge in [-0.05, 0) is 31.2 Å². The molecule has 0 saturated heterocycles. The van der Waals surface area contributed by atoms with Crippen LogP contribution in [0.4, 0.5) is 4.39 Å². The van der Waals surface area contributed by atoms with E-state index in [1.54, 1.807) is 6.92 Å². The molecule has 3 aromatic rings. The zero-order valence-corrected chi connectivity index (χ0v) is 17.1. The van der Waals surface area contributed by atoms with Gasteiger partial charge in [0.1, 0.15) is 10.8 Å². The van der Waals surface area contributed by atoms with Gasteiger partial charge in [-0.2, -0.15) is 0 Å². The Labute approximate surface area is 161 Å². The van der Waals surface area contributed by atoms with Crippen molar-refractivity contribution >= 4 is 21.2 Å². The molecule has 1 atom stereocenters. The second kappa shape index (κ2) is 7.12. The van der Waals surface area contributed by atoms with Crippen LogP contribution in [-0.4, -0.2) is 29.0 Å². The molecule has 0 aliphatic heterocycles. The van der Waals surface area contributed by atoms with Crippen LogP contribution >= 0.6 is 11.3 Å². The van der Waals surface area contributed by atoms with E-state index < -0.39 is 20.9 Å². The quantitative estimate of drug-likeness (QED) is 0.591. The third kappa shape index (κ3) is 4.24. The summed E-state index contributed by atoms with van der Waals surface area (Å²) in [6, 6.07) is 6.65. The van der Waals surface area contributed by atoms with Gasteiger partial charge in [-0.3, -0.25) is 0 Å². The molecule has 3 rings (SSSR count). The van der Waals surface area contributed by atoms with Crippen LogP contribution in [0.3, 0.4) is 0 Å². The summed E-state index contributed by atoms with van der Waals surface area (Å²) in [6.45, 7) is 7.69. The lowest BCUT2D eigenvalue weighted by Gasteiger charge is -2.12. The molecule has 9 heteroatoms.